The van der Waals surface area contributed by atoms with Gasteiger partial charge >= 0.3 is 12.0 Å². The Labute approximate surface area is 190 Å². The Hall–Kier alpha value is -3.81. The number of anilines is 1. The lowest BCUT2D eigenvalue weighted by atomic mass is 9.97. The maximum Gasteiger partial charge on any atom is 0.337 e. The van der Waals surface area contributed by atoms with Crippen LogP contribution < -0.4 is 5.32 Å². The molecule has 1 aliphatic rings. The summed E-state index contributed by atoms with van der Waals surface area (Å²) in [5.41, 5.74) is 5.44. The minimum absolute atomic E-state index is 0.182. The van der Waals surface area contributed by atoms with E-state index in [0.717, 1.165) is 22.2 Å². The number of rotatable bonds is 2. The van der Waals surface area contributed by atoms with Gasteiger partial charge in [-0.15, -0.1) is 0 Å². The first-order valence-corrected chi connectivity index (χ1v) is 10.9. The van der Waals surface area contributed by atoms with Gasteiger partial charge in [0, 0.05) is 52.8 Å². The number of hydrogen-bond acceptors (Lipinski definition) is 5. The van der Waals surface area contributed by atoms with Gasteiger partial charge in [0.25, 0.3) is 0 Å². The number of benzene rings is 2. The van der Waals surface area contributed by atoms with Crippen molar-refractivity contribution in [3.05, 3.63) is 59.1 Å². The lowest BCUT2D eigenvalue weighted by molar-refractivity contribution is 0.0601. The summed E-state index contributed by atoms with van der Waals surface area (Å²) in [5.74, 6) is 0.283. The Morgan fingerprint density at radius 3 is 2.76 bits per heavy atom. The van der Waals surface area contributed by atoms with Crippen LogP contribution in [0, 0.1) is 0 Å². The molecule has 2 aromatic heterocycles. The number of aromatic nitrogens is 2. The largest absolute Gasteiger partial charge is 0.465 e. The number of ether oxygens (including phenoxy) is 1. The van der Waals surface area contributed by atoms with Gasteiger partial charge in [0.15, 0.2) is 5.58 Å². The number of fused-ring (bicyclic) bond motifs is 4. The molecule has 170 valence electrons. The number of nitrogens with one attached hydrogen (secondary N) is 2. The van der Waals surface area contributed by atoms with Gasteiger partial charge in [-0.2, -0.15) is 0 Å². The van der Waals surface area contributed by atoms with Crippen molar-refractivity contribution < 1.29 is 18.7 Å². The molecule has 0 saturated heterocycles. The van der Waals surface area contributed by atoms with Crippen molar-refractivity contribution in [2.75, 3.05) is 19.0 Å². The predicted molar refractivity (Wildman–Crippen MR) is 125 cm³/mol. The highest BCUT2D eigenvalue weighted by atomic mass is 16.5. The molecule has 33 heavy (non-hydrogen) atoms. The molecule has 3 heterocycles. The molecular weight excluding hydrogens is 420 g/mol. The highest BCUT2D eigenvalue weighted by Crippen LogP contribution is 2.30. The fraction of sp³-hybridized carbons (Fsp3) is 0.320. The van der Waals surface area contributed by atoms with Crippen LogP contribution in [-0.2, 0) is 23.1 Å². The molecule has 2 aromatic carbocycles. The monoisotopic (exact) mass is 446 g/mol. The van der Waals surface area contributed by atoms with E-state index in [0.29, 0.717) is 47.8 Å². The van der Waals surface area contributed by atoms with E-state index in [1.54, 1.807) is 11.0 Å². The van der Waals surface area contributed by atoms with E-state index in [9.17, 15) is 9.59 Å². The van der Waals surface area contributed by atoms with Crippen LogP contribution in [0.5, 0.6) is 0 Å². The molecule has 0 bridgehead atoms. The lowest BCUT2D eigenvalue weighted by Crippen LogP contribution is -2.38. The molecule has 8 nitrogen and oxygen atoms in total. The first-order valence-electron chi connectivity index (χ1n) is 10.9. The minimum Gasteiger partial charge on any atom is -0.465 e. The number of methoxy groups -OCH3 is 1. The zero-order valence-electron chi connectivity index (χ0n) is 19.1. The zero-order chi connectivity index (χ0) is 23.3. The highest BCUT2D eigenvalue weighted by Gasteiger charge is 2.25. The molecule has 0 unspecified atom stereocenters. The average molecular weight is 447 g/mol. The van der Waals surface area contributed by atoms with Gasteiger partial charge < -0.3 is 24.4 Å². The standard InChI is InChI=1S/C25H26N4O4/c1-25(2,3)23-28-20-12-15(6-8-21(20)33-23)26-24(31)29-10-9-19-17(13-29)16-11-14(22(30)32-4)5-7-18(16)27-19/h5-8,11-12,27H,9-10,13H2,1-4H3,(H,26,31). The van der Waals surface area contributed by atoms with Crippen molar-refractivity contribution in [3.63, 3.8) is 0 Å². The van der Waals surface area contributed by atoms with Gasteiger partial charge in [-0.05, 0) is 36.4 Å². The Morgan fingerprint density at radius 1 is 1.18 bits per heavy atom. The first kappa shape index (κ1) is 21.1. The van der Waals surface area contributed by atoms with Gasteiger partial charge in [-0.3, -0.25) is 0 Å². The Bertz CT molecular complexity index is 1390. The smallest absolute Gasteiger partial charge is 0.337 e. The van der Waals surface area contributed by atoms with Gasteiger partial charge in [-0.25, -0.2) is 14.6 Å². The molecule has 0 saturated carbocycles. The maximum absolute atomic E-state index is 13.0. The topological polar surface area (TPSA) is 100 Å². The van der Waals surface area contributed by atoms with E-state index in [-0.39, 0.29) is 17.4 Å². The summed E-state index contributed by atoms with van der Waals surface area (Å²) < 4.78 is 10.7. The van der Waals surface area contributed by atoms with E-state index < -0.39 is 0 Å². The molecule has 1 aliphatic heterocycles. The van der Waals surface area contributed by atoms with Gasteiger partial charge in [0.2, 0.25) is 5.89 Å². The van der Waals surface area contributed by atoms with Crippen molar-refractivity contribution in [2.24, 2.45) is 0 Å². The first-order chi connectivity index (χ1) is 15.7. The summed E-state index contributed by atoms with van der Waals surface area (Å²) in [6.45, 7) is 7.18. The number of oxazole rings is 1. The van der Waals surface area contributed by atoms with Gasteiger partial charge in [0.1, 0.15) is 5.52 Å². The van der Waals surface area contributed by atoms with E-state index in [2.05, 4.69) is 15.3 Å². The number of esters is 1. The third kappa shape index (κ3) is 3.82. The van der Waals surface area contributed by atoms with Crippen LogP contribution in [0.15, 0.2) is 40.8 Å². The Kier molecular flexibility index (Phi) is 4.88. The fourth-order valence-electron chi connectivity index (χ4n) is 4.16. The minimum atomic E-state index is -0.380. The van der Waals surface area contributed by atoms with E-state index in [1.165, 1.54) is 7.11 Å². The van der Waals surface area contributed by atoms with Crippen molar-refractivity contribution in [1.29, 1.82) is 0 Å². The van der Waals surface area contributed by atoms with Crippen LogP contribution in [0.3, 0.4) is 0 Å². The SMILES string of the molecule is COC(=O)c1ccc2[nH]c3c(c2c1)CN(C(=O)Nc1ccc2oc(C(C)(C)C)nc2c1)CC3. The number of hydrogen-bond donors (Lipinski definition) is 2. The molecule has 0 radical (unpaired) electrons. The predicted octanol–water partition coefficient (Wildman–Crippen LogP) is 4.98. The molecular formula is C25H26N4O4. The second kappa shape index (κ2) is 7.65. The average Bonchev–Trinajstić information content (AvgIpc) is 3.38. The fourth-order valence-corrected chi connectivity index (χ4v) is 4.16. The number of aromatic amines is 1. The molecule has 0 aliphatic carbocycles. The third-order valence-corrected chi connectivity index (χ3v) is 5.96. The second-order valence-electron chi connectivity index (χ2n) is 9.39. The third-order valence-electron chi connectivity index (χ3n) is 5.96. The van der Waals surface area contributed by atoms with Crippen molar-refractivity contribution >= 4 is 39.7 Å². The summed E-state index contributed by atoms with van der Waals surface area (Å²) in [7, 11) is 1.37. The van der Waals surface area contributed by atoms with Gasteiger partial charge in [0.05, 0.1) is 12.7 Å². The highest BCUT2D eigenvalue weighted by molar-refractivity contribution is 5.97. The second-order valence-corrected chi connectivity index (χ2v) is 9.39. The van der Waals surface area contributed by atoms with Crippen LogP contribution in [0.4, 0.5) is 10.5 Å². The number of carbonyl (C=O) groups is 2. The molecule has 4 aromatic rings. The van der Waals surface area contributed by atoms with Crippen molar-refractivity contribution in [3.8, 4) is 0 Å². The molecule has 5 rings (SSSR count). The number of nitrogens with zero attached hydrogens (tertiary/aromatic N) is 2. The molecule has 0 atom stereocenters. The lowest BCUT2D eigenvalue weighted by Gasteiger charge is -2.27. The number of amides is 2. The van der Waals surface area contributed by atoms with Gasteiger partial charge in [-0.1, -0.05) is 20.8 Å². The Morgan fingerprint density at radius 2 is 2.00 bits per heavy atom. The number of urea groups is 1. The van der Waals surface area contributed by atoms with Crippen LogP contribution in [0.1, 0.15) is 48.3 Å². The summed E-state index contributed by atoms with van der Waals surface area (Å²) in [4.78, 5) is 34.8. The quantitative estimate of drug-likeness (QED) is 0.423. The molecule has 2 amide bonds. The molecule has 0 fully saturated rings. The van der Waals surface area contributed by atoms with Crippen LogP contribution in [-0.4, -0.2) is 40.5 Å². The molecule has 0 spiro atoms. The summed E-state index contributed by atoms with van der Waals surface area (Å²) in [6, 6.07) is 10.7. The summed E-state index contributed by atoms with van der Waals surface area (Å²) in [6.07, 6.45) is 0.711. The van der Waals surface area contributed by atoms with Crippen molar-refractivity contribution in [1.82, 2.24) is 14.9 Å². The Balaban J connectivity index is 1.37. The van der Waals surface area contributed by atoms with Crippen molar-refractivity contribution in [2.45, 2.75) is 39.2 Å². The summed E-state index contributed by atoms with van der Waals surface area (Å²) in [5, 5.41) is 3.92. The summed E-state index contributed by atoms with van der Waals surface area (Å²) >= 11 is 0. The molecule has 2 N–H and O–H groups in total. The van der Waals surface area contributed by atoms with Crippen LogP contribution >= 0.6 is 0 Å². The number of carbonyl (C=O) groups excluding carboxylic acids is 2. The van der Waals surface area contributed by atoms with Crippen LogP contribution in [0.2, 0.25) is 0 Å². The maximum atomic E-state index is 13.0. The zero-order valence-corrected chi connectivity index (χ0v) is 19.1. The van der Waals surface area contributed by atoms with E-state index in [1.807, 2.05) is 51.1 Å². The van der Waals surface area contributed by atoms with Crippen LogP contribution in [0.25, 0.3) is 22.0 Å². The number of H-pyrrole nitrogens is 1. The normalized spacial score (nSPS) is 13.9. The van der Waals surface area contributed by atoms with E-state index >= 15 is 0 Å². The van der Waals surface area contributed by atoms with E-state index in [4.69, 9.17) is 9.15 Å². The molecule has 8 heteroatoms.